The maximum Gasteiger partial charge on any atom is 0.264 e. The van der Waals surface area contributed by atoms with Crippen molar-refractivity contribution in [1.82, 2.24) is 10.2 Å². The van der Waals surface area contributed by atoms with E-state index in [2.05, 4.69) is 5.32 Å². The summed E-state index contributed by atoms with van der Waals surface area (Å²) in [5.41, 5.74) is 0. The molecule has 6 nitrogen and oxygen atoms in total. The lowest BCUT2D eigenvalue weighted by molar-refractivity contribution is -0.122. The summed E-state index contributed by atoms with van der Waals surface area (Å²) in [7, 11) is 1.56. The predicted molar refractivity (Wildman–Crippen MR) is 78.0 cm³/mol. The normalized spacial score (nSPS) is 11.9. The molecule has 1 atom stereocenters. The molecule has 2 amide bonds. The number of aliphatic hydroxyl groups is 1. The SMILES string of the molecule is CN(CC(=O)NCC(O)c1ccco1)C(=O)c1cccs1. The molecule has 0 spiro atoms. The summed E-state index contributed by atoms with van der Waals surface area (Å²) in [6, 6.07) is 6.78. The van der Waals surface area contributed by atoms with Gasteiger partial charge in [0.05, 0.1) is 24.2 Å². The first kappa shape index (κ1) is 15.3. The molecule has 2 aromatic rings. The third kappa shape index (κ3) is 4.17. The van der Waals surface area contributed by atoms with E-state index in [1.54, 1.807) is 36.7 Å². The quantitative estimate of drug-likeness (QED) is 0.841. The van der Waals surface area contributed by atoms with Gasteiger partial charge < -0.3 is 19.7 Å². The molecule has 0 aliphatic rings. The van der Waals surface area contributed by atoms with Crippen LogP contribution in [0.1, 0.15) is 21.5 Å². The number of rotatable bonds is 6. The van der Waals surface area contributed by atoms with E-state index in [9.17, 15) is 14.7 Å². The van der Waals surface area contributed by atoms with E-state index in [1.165, 1.54) is 22.5 Å². The summed E-state index contributed by atoms with van der Waals surface area (Å²) in [5.74, 6) is -0.155. The largest absolute Gasteiger partial charge is 0.467 e. The smallest absolute Gasteiger partial charge is 0.264 e. The van der Waals surface area contributed by atoms with E-state index < -0.39 is 6.10 Å². The lowest BCUT2D eigenvalue weighted by Gasteiger charge is -2.16. The Balaban J connectivity index is 1.78. The van der Waals surface area contributed by atoms with Crippen molar-refractivity contribution < 1.29 is 19.1 Å². The number of carbonyl (C=O) groups excluding carboxylic acids is 2. The number of amides is 2. The second-order valence-corrected chi connectivity index (χ2v) is 5.42. The number of nitrogens with one attached hydrogen (secondary N) is 1. The number of likely N-dealkylation sites (N-methyl/N-ethyl adjacent to an activating group) is 1. The highest BCUT2D eigenvalue weighted by atomic mass is 32.1. The number of hydrogen-bond donors (Lipinski definition) is 2. The van der Waals surface area contributed by atoms with E-state index >= 15 is 0 Å². The Morgan fingerprint density at radius 1 is 1.43 bits per heavy atom. The Morgan fingerprint density at radius 3 is 2.86 bits per heavy atom. The van der Waals surface area contributed by atoms with Gasteiger partial charge in [-0.15, -0.1) is 11.3 Å². The molecular formula is C14H16N2O4S. The van der Waals surface area contributed by atoms with Gasteiger partial charge in [-0.1, -0.05) is 6.07 Å². The molecule has 0 fully saturated rings. The van der Waals surface area contributed by atoms with Gasteiger partial charge in [0.1, 0.15) is 11.9 Å². The molecule has 0 saturated heterocycles. The number of nitrogens with zero attached hydrogens (tertiary/aromatic N) is 1. The van der Waals surface area contributed by atoms with Crippen LogP contribution < -0.4 is 5.32 Å². The summed E-state index contributed by atoms with van der Waals surface area (Å²) in [4.78, 5) is 25.6. The van der Waals surface area contributed by atoms with Gasteiger partial charge in [0.15, 0.2) is 0 Å². The zero-order valence-electron chi connectivity index (χ0n) is 11.5. The molecule has 0 saturated carbocycles. The molecule has 21 heavy (non-hydrogen) atoms. The fourth-order valence-corrected chi connectivity index (χ4v) is 2.44. The van der Waals surface area contributed by atoms with E-state index in [0.29, 0.717) is 10.6 Å². The highest BCUT2D eigenvalue weighted by molar-refractivity contribution is 7.12. The molecule has 2 heterocycles. The van der Waals surface area contributed by atoms with Crippen LogP contribution in [0, 0.1) is 0 Å². The molecule has 0 aromatic carbocycles. The van der Waals surface area contributed by atoms with Crippen LogP contribution in [0.25, 0.3) is 0 Å². The fourth-order valence-electron chi connectivity index (χ4n) is 1.72. The van der Waals surface area contributed by atoms with Gasteiger partial charge >= 0.3 is 0 Å². The molecule has 0 aliphatic heterocycles. The second kappa shape index (κ2) is 7.05. The summed E-state index contributed by atoms with van der Waals surface area (Å²) in [6.07, 6.45) is 0.552. The van der Waals surface area contributed by atoms with Crippen LogP contribution in [0.3, 0.4) is 0 Å². The number of aliphatic hydroxyl groups excluding tert-OH is 1. The van der Waals surface area contributed by atoms with E-state index in [1.807, 2.05) is 0 Å². The second-order valence-electron chi connectivity index (χ2n) is 4.47. The van der Waals surface area contributed by atoms with Crippen LogP contribution in [0.4, 0.5) is 0 Å². The standard InChI is InChI=1S/C14H16N2O4S/c1-16(14(19)12-5-3-7-21-12)9-13(18)15-8-10(17)11-4-2-6-20-11/h2-7,10,17H,8-9H2,1H3,(H,15,18). The molecule has 2 aromatic heterocycles. The first-order valence-corrected chi connectivity index (χ1v) is 7.23. The van der Waals surface area contributed by atoms with Crippen molar-refractivity contribution in [2.24, 2.45) is 0 Å². The van der Waals surface area contributed by atoms with Crippen molar-refractivity contribution in [1.29, 1.82) is 0 Å². The molecule has 7 heteroatoms. The Bertz CT molecular complexity index is 580. The first-order valence-electron chi connectivity index (χ1n) is 6.35. The van der Waals surface area contributed by atoms with Crippen LogP contribution in [0.5, 0.6) is 0 Å². The van der Waals surface area contributed by atoms with Gasteiger partial charge in [-0.2, -0.15) is 0 Å². The Labute approximate surface area is 126 Å². The van der Waals surface area contributed by atoms with Crippen molar-refractivity contribution in [3.05, 3.63) is 46.5 Å². The van der Waals surface area contributed by atoms with Crippen LogP contribution >= 0.6 is 11.3 Å². The van der Waals surface area contributed by atoms with E-state index in [4.69, 9.17) is 4.42 Å². The molecule has 0 bridgehead atoms. The molecule has 2 rings (SSSR count). The topological polar surface area (TPSA) is 82.8 Å². The van der Waals surface area contributed by atoms with Crippen molar-refractivity contribution in [3.63, 3.8) is 0 Å². The lowest BCUT2D eigenvalue weighted by atomic mass is 10.2. The zero-order valence-corrected chi connectivity index (χ0v) is 12.3. The summed E-state index contributed by atoms with van der Waals surface area (Å²) < 4.78 is 5.03. The van der Waals surface area contributed by atoms with Crippen molar-refractivity contribution in [2.45, 2.75) is 6.10 Å². The number of furan rings is 1. The molecule has 0 radical (unpaired) electrons. The summed E-state index contributed by atoms with van der Waals surface area (Å²) in [5, 5.41) is 14.1. The summed E-state index contributed by atoms with van der Waals surface area (Å²) in [6.45, 7) is -0.0328. The molecule has 0 aliphatic carbocycles. The van der Waals surface area contributed by atoms with Crippen LogP contribution in [-0.2, 0) is 4.79 Å². The van der Waals surface area contributed by atoms with Crippen molar-refractivity contribution in [3.8, 4) is 0 Å². The Kier molecular flexibility index (Phi) is 5.13. The average molecular weight is 308 g/mol. The van der Waals surface area contributed by atoms with Crippen LogP contribution in [-0.4, -0.2) is 42.0 Å². The molecule has 2 N–H and O–H groups in total. The minimum atomic E-state index is -0.901. The van der Waals surface area contributed by atoms with Gasteiger partial charge in [0, 0.05) is 7.05 Å². The monoisotopic (exact) mass is 308 g/mol. The highest BCUT2D eigenvalue weighted by Crippen LogP contribution is 2.12. The Hall–Kier alpha value is -2.12. The molecular weight excluding hydrogens is 292 g/mol. The maximum absolute atomic E-state index is 12.0. The number of carbonyl (C=O) groups is 2. The number of hydrogen-bond acceptors (Lipinski definition) is 5. The predicted octanol–water partition coefficient (Wildman–Crippen LogP) is 1.26. The van der Waals surface area contributed by atoms with Gasteiger partial charge in [0.2, 0.25) is 5.91 Å². The average Bonchev–Trinajstić information content (AvgIpc) is 3.15. The maximum atomic E-state index is 12.0. The zero-order chi connectivity index (χ0) is 15.2. The van der Waals surface area contributed by atoms with E-state index in [-0.39, 0.29) is 24.9 Å². The van der Waals surface area contributed by atoms with Gasteiger partial charge in [-0.25, -0.2) is 0 Å². The van der Waals surface area contributed by atoms with E-state index in [0.717, 1.165) is 0 Å². The van der Waals surface area contributed by atoms with Gasteiger partial charge in [-0.05, 0) is 23.6 Å². The lowest BCUT2D eigenvalue weighted by Crippen LogP contribution is -2.39. The summed E-state index contributed by atoms with van der Waals surface area (Å²) >= 11 is 1.33. The van der Waals surface area contributed by atoms with Crippen molar-refractivity contribution >= 4 is 23.2 Å². The Morgan fingerprint density at radius 2 is 2.24 bits per heavy atom. The third-order valence-corrected chi connectivity index (χ3v) is 3.68. The van der Waals surface area contributed by atoms with Crippen LogP contribution in [0.15, 0.2) is 40.3 Å². The highest BCUT2D eigenvalue weighted by Gasteiger charge is 2.17. The third-order valence-electron chi connectivity index (χ3n) is 2.82. The van der Waals surface area contributed by atoms with Gasteiger partial charge in [0.25, 0.3) is 5.91 Å². The van der Waals surface area contributed by atoms with Gasteiger partial charge in [-0.3, -0.25) is 9.59 Å². The first-order chi connectivity index (χ1) is 10.1. The van der Waals surface area contributed by atoms with Crippen molar-refractivity contribution in [2.75, 3.05) is 20.1 Å². The molecule has 112 valence electrons. The molecule has 1 unspecified atom stereocenters. The number of thiophene rings is 1. The van der Waals surface area contributed by atoms with Crippen LogP contribution in [0.2, 0.25) is 0 Å². The minimum Gasteiger partial charge on any atom is -0.467 e. The minimum absolute atomic E-state index is 0.0351. The fraction of sp³-hybridized carbons (Fsp3) is 0.286.